The summed E-state index contributed by atoms with van der Waals surface area (Å²) in [6.07, 6.45) is 0. The Morgan fingerprint density at radius 3 is 2.37 bits per heavy atom. The van der Waals surface area contributed by atoms with Crippen LogP contribution in [0.5, 0.6) is 5.75 Å². The summed E-state index contributed by atoms with van der Waals surface area (Å²) in [6.45, 7) is 0. The first-order chi connectivity index (χ1) is 14.7. The SMILES string of the molecule is COc1ccc(C(=O)N[C@@H](c2ccccc2)c2nnc(-c3ccccc3)o2)cc1Br. The largest absolute Gasteiger partial charge is 0.496 e. The fraction of sp³-hybridized carbons (Fsp3) is 0.0870. The van der Waals surface area contributed by atoms with Gasteiger partial charge in [-0.2, -0.15) is 0 Å². The lowest BCUT2D eigenvalue weighted by Gasteiger charge is -2.16. The molecule has 6 nitrogen and oxygen atoms in total. The molecule has 0 saturated heterocycles. The predicted molar refractivity (Wildman–Crippen MR) is 116 cm³/mol. The topological polar surface area (TPSA) is 77.2 Å². The van der Waals surface area contributed by atoms with Crippen molar-refractivity contribution in [1.29, 1.82) is 0 Å². The molecule has 4 aromatic rings. The number of halogens is 1. The number of rotatable bonds is 6. The molecule has 150 valence electrons. The van der Waals surface area contributed by atoms with Crippen LogP contribution in [0.3, 0.4) is 0 Å². The van der Waals surface area contributed by atoms with E-state index in [4.69, 9.17) is 9.15 Å². The number of carbonyl (C=O) groups excluding carboxylic acids is 1. The van der Waals surface area contributed by atoms with Crippen molar-refractivity contribution in [2.45, 2.75) is 6.04 Å². The Balaban J connectivity index is 1.65. The van der Waals surface area contributed by atoms with Crippen molar-refractivity contribution in [1.82, 2.24) is 15.5 Å². The van der Waals surface area contributed by atoms with Crippen molar-refractivity contribution < 1.29 is 13.9 Å². The smallest absolute Gasteiger partial charge is 0.252 e. The first-order valence-electron chi connectivity index (χ1n) is 9.24. The van der Waals surface area contributed by atoms with E-state index in [1.165, 1.54) is 0 Å². The molecule has 0 aliphatic carbocycles. The average Bonchev–Trinajstić information content (AvgIpc) is 3.28. The monoisotopic (exact) mass is 463 g/mol. The zero-order chi connectivity index (χ0) is 20.9. The molecule has 4 rings (SSSR count). The molecule has 3 aromatic carbocycles. The van der Waals surface area contributed by atoms with Crippen LogP contribution in [0.1, 0.15) is 27.9 Å². The van der Waals surface area contributed by atoms with E-state index in [2.05, 4.69) is 31.4 Å². The molecule has 7 heteroatoms. The molecular formula is C23H18BrN3O3. The Morgan fingerprint density at radius 2 is 1.70 bits per heavy atom. The van der Waals surface area contributed by atoms with Gasteiger partial charge in [-0.3, -0.25) is 4.79 Å². The predicted octanol–water partition coefficient (Wildman–Crippen LogP) is 5.03. The number of nitrogens with zero attached hydrogens (tertiary/aromatic N) is 2. The quantitative estimate of drug-likeness (QED) is 0.433. The van der Waals surface area contributed by atoms with E-state index in [0.29, 0.717) is 27.6 Å². The molecule has 1 aromatic heterocycles. The Morgan fingerprint density at radius 1 is 1.00 bits per heavy atom. The van der Waals surface area contributed by atoms with Crippen LogP contribution in [0.15, 0.2) is 87.8 Å². The number of hydrogen-bond acceptors (Lipinski definition) is 5. The highest BCUT2D eigenvalue weighted by Crippen LogP contribution is 2.28. The molecule has 1 amide bonds. The lowest BCUT2D eigenvalue weighted by atomic mass is 10.1. The number of methoxy groups -OCH3 is 1. The molecule has 0 aliphatic heterocycles. The molecule has 0 spiro atoms. The van der Waals surface area contributed by atoms with Crippen LogP contribution in [0.2, 0.25) is 0 Å². The van der Waals surface area contributed by atoms with Crippen molar-refractivity contribution in [2.75, 3.05) is 7.11 Å². The van der Waals surface area contributed by atoms with Gasteiger partial charge in [0.2, 0.25) is 11.8 Å². The van der Waals surface area contributed by atoms with E-state index >= 15 is 0 Å². The normalized spacial score (nSPS) is 11.7. The molecule has 0 saturated carbocycles. The minimum Gasteiger partial charge on any atom is -0.496 e. The molecule has 1 N–H and O–H groups in total. The number of carbonyl (C=O) groups is 1. The third kappa shape index (κ3) is 4.26. The summed E-state index contributed by atoms with van der Waals surface area (Å²) in [5.74, 6) is 1.08. The molecule has 1 heterocycles. The van der Waals surface area contributed by atoms with Gasteiger partial charge in [0, 0.05) is 11.1 Å². The third-order valence-corrected chi connectivity index (χ3v) is 5.15. The van der Waals surface area contributed by atoms with Crippen LogP contribution in [-0.4, -0.2) is 23.2 Å². The first kappa shape index (κ1) is 19.8. The van der Waals surface area contributed by atoms with Gasteiger partial charge in [-0.15, -0.1) is 10.2 Å². The Bertz CT molecular complexity index is 1150. The summed E-state index contributed by atoms with van der Waals surface area (Å²) in [7, 11) is 1.57. The maximum absolute atomic E-state index is 13.0. The third-order valence-electron chi connectivity index (χ3n) is 4.53. The highest BCUT2D eigenvalue weighted by Gasteiger charge is 2.24. The van der Waals surface area contributed by atoms with Gasteiger partial charge in [0.25, 0.3) is 5.91 Å². The van der Waals surface area contributed by atoms with Gasteiger partial charge in [-0.05, 0) is 51.8 Å². The van der Waals surface area contributed by atoms with E-state index in [9.17, 15) is 4.79 Å². The minimum absolute atomic E-state index is 0.272. The molecule has 30 heavy (non-hydrogen) atoms. The fourth-order valence-corrected chi connectivity index (χ4v) is 3.54. The number of ether oxygens (including phenoxy) is 1. The first-order valence-corrected chi connectivity index (χ1v) is 10.0. The summed E-state index contributed by atoms with van der Waals surface area (Å²) in [5.41, 5.74) is 2.13. The Labute approximate surface area is 182 Å². The minimum atomic E-state index is -0.593. The van der Waals surface area contributed by atoms with Crippen LogP contribution in [0.25, 0.3) is 11.5 Å². The highest BCUT2D eigenvalue weighted by atomic mass is 79.9. The summed E-state index contributed by atoms with van der Waals surface area (Å²) < 4.78 is 11.8. The lowest BCUT2D eigenvalue weighted by molar-refractivity contribution is 0.0938. The van der Waals surface area contributed by atoms with Gasteiger partial charge >= 0.3 is 0 Å². The van der Waals surface area contributed by atoms with Crippen molar-refractivity contribution in [3.8, 4) is 17.2 Å². The van der Waals surface area contributed by atoms with E-state index in [0.717, 1.165) is 11.1 Å². The average molecular weight is 464 g/mol. The van der Waals surface area contributed by atoms with Gasteiger partial charge in [0.05, 0.1) is 11.6 Å². The molecule has 0 unspecified atom stereocenters. The molecule has 0 aliphatic rings. The molecule has 1 atom stereocenters. The van der Waals surface area contributed by atoms with Gasteiger partial charge < -0.3 is 14.5 Å². The highest BCUT2D eigenvalue weighted by molar-refractivity contribution is 9.10. The maximum atomic E-state index is 13.0. The molecule has 0 radical (unpaired) electrons. The van der Waals surface area contributed by atoms with Crippen LogP contribution >= 0.6 is 15.9 Å². The van der Waals surface area contributed by atoms with Gasteiger partial charge in [-0.1, -0.05) is 48.5 Å². The van der Waals surface area contributed by atoms with Crippen LogP contribution in [0, 0.1) is 0 Å². The van der Waals surface area contributed by atoms with Gasteiger partial charge in [-0.25, -0.2) is 0 Å². The van der Waals surface area contributed by atoms with Crippen LogP contribution in [0.4, 0.5) is 0 Å². The number of aromatic nitrogens is 2. The summed E-state index contributed by atoms with van der Waals surface area (Å²) in [5, 5.41) is 11.4. The Kier molecular flexibility index (Phi) is 5.90. The Hall–Kier alpha value is -3.45. The van der Waals surface area contributed by atoms with Gasteiger partial charge in [0.15, 0.2) is 0 Å². The standard InChI is InChI=1S/C23H18BrN3O3/c1-29-19-13-12-17(14-18(19)24)21(28)25-20(15-8-4-2-5-9-15)23-27-26-22(30-23)16-10-6-3-7-11-16/h2-14,20H,1H3,(H,25,28)/t20-/m0/s1. The number of hydrogen-bond donors (Lipinski definition) is 1. The van der Waals surface area contributed by atoms with E-state index in [-0.39, 0.29) is 5.91 Å². The van der Waals surface area contributed by atoms with Crippen molar-refractivity contribution in [2.24, 2.45) is 0 Å². The van der Waals surface area contributed by atoms with E-state index < -0.39 is 6.04 Å². The molecular weight excluding hydrogens is 446 g/mol. The lowest BCUT2D eigenvalue weighted by Crippen LogP contribution is -2.29. The van der Waals surface area contributed by atoms with Crippen LogP contribution in [-0.2, 0) is 0 Å². The zero-order valence-electron chi connectivity index (χ0n) is 16.1. The number of benzene rings is 3. The van der Waals surface area contributed by atoms with Crippen molar-refractivity contribution in [3.63, 3.8) is 0 Å². The van der Waals surface area contributed by atoms with E-state index in [1.54, 1.807) is 25.3 Å². The second-order valence-corrected chi connectivity index (χ2v) is 7.33. The van der Waals surface area contributed by atoms with E-state index in [1.807, 2.05) is 60.7 Å². The van der Waals surface area contributed by atoms with Crippen molar-refractivity contribution >= 4 is 21.8 Å². The zero-order valence-corrected chi connectivity index (χ0v) is 17.7. The molecule has 0 fully saturated rings. The molecule has 0 bridgehead atoms. The number of amides is 1. The van der Waals surface area contributed by atoms with Crippen molar-refractivity contribution in [3.05, 3.63) is 100 Å². The maximum Gasteiger partial charge on any atom is 0.252 e. The second kappa shape index (κ2) is 8.92. The number of nitrogens with one attached hydrogen (secondary N) is 1. The summed E-state index contributed by atoms with van der Waals surface area (Å²) in [6, 6.07) is 23.6. The van der Waals surface area contributed by atoms with Crippen LogP contribution < -0.4 is 10.1 Å². The fourth-order valence-electron chi connectivity index (χ4n) is 3.00. The summed E-state index contributed by atoms with van der Waals surface area (Å²) in [4.78, 5) is 13.0. The summed E-state index contributed by atoms with van der Waals surface area (Å²) >= 11 is 3.42. The van der Waals surface area contributed by atoms with Gasteiger partial charge in [0.1, 0.15) is 11.8 Å². The second-order valence-electron chi connectivity index (χ2n) is 6.48.